The largest absolute Gasteiger partial charge is 0.435 e. The van der Waals surface area contributed by atoms with Crippen molar-refractivity contribution in [1.82, 2.24) is 5.32 Å². The van der Waals surface area contributed by atoms with Crippen molar-refractivity contribution >= 4 is 15.7 Å². The summed E-state index contributed by atoms with van der Waals surface area (Å²) in [7, 11) is -3.88. The average Bonchev–Trinajstić information content (AvgIpc) is 2.55. The van der Waals surface area contributed by atoms with Crippen molar-refractivity contribution in [3.63, 3.8) is 0 Å². The van der Waals surface area contributed by atoms with Crippen LogP contribution in [0.2, 0.25) is 0 Å². The summed E-state index contributed by atoms with van der Waals surface area (Å²) < 4.78 is 65.8. The Bertz CT molecular complexity index is 839. The topological polar surface area (TPSA) is 72.5 Å². The van der Waals surface area contributed by atoms with E-state index in [4.69, 9.17) is 0 Å². The van der Waals surface area contributed by atoms with Crippen molar-refractivity contribution in [1.29, 1.82) is 0 Å². The van der Waals surface area contributed by atoms with Gasteiger partial charge in [0, 0.05) is 12.1 Å². The monoisotopic (exact) mass is 373 g/mol. The number of rotatable bonds is 7. The van der Waals surface area contributed by atoms with E-state index in [0.717, 1.165) is 12.1 Å². The van der Waals surface area contributed by atoms with Crippen LogP contribution in [0.25, 0.3) is 0 Å². The van der Waals surface area contributed by atoms with Crippen LogP contribution in [0, 0.1) is 5.82 Å². The van der Waals surface area contributed by atoms with Crippen LogP contribution in [0.15, 0.2) is 53.4 Å². The highest BCUT2D eigenvalue weighted by molar-refractivity contribution is 7.91. The number of hydrogen-bond acceptors (Lipinski definition) is 4. The summed E-state index contributed by atoms with van der Waals surface area (Å²) in [5, 5.41) is 2.38. The fourth-order valence-electron chi connectivity index (χ4n) is 2.00. The number of carbonyl (C=O) groups excluding carboxylic acids is 1. The van der Waals surface area contributed by atoms with Crippen LogP contribution in [0.1, 0.15) is 10.4 Å². The number of sulfone groups is 1. The summed E-state index contributed by atoms with van der Waals surface area (Å²) in [5.74, 6) is -2.03. The molecule has 5 nitrogen and oxygen atoms in total. The van der Waals surface area contributed by atoms with E-state index in [-0.39, 0.29) is 17.9 Å². The Labute approximate surface area is 142 Å². The number of benzene rings is 2. The van der Waals surface area contributed by atoms with E-state index >= 15 is 0 Å². The van der Waals surface area contributed by atoms with Crippen LogP contribution in [-0.2, 0) is 9.84 Å². The third-order valence-corrected chi connectivity index (χ3v) is 4.91. The summed E-state index contributed by atoms with van der Waals surface area (Å²) in [6.45, 7) is -3.20. The first-order chi connectivity index (χ1) is 11.8. The Balaban J connectivity index is 1.93. The maximum absolute atomic E-state index is 13.5. The van der Waals surface area contributed by atoms with Crippen LogP contribution in [-0.4, -0.2) is 33.2 Å². The number of ether oxygens (including phenoxy) is 1. The standard InChI is InChI=1S/C16H14F3NO4S/c17-13-3-1-2-4-14(13)25(22,23)10-9-20-15(21)11-5-7-12(8-6-11)24-16(18)19/h1-8,16H,9-10H2,(H,20,21). The fourth-order valence-corrected chi connectivity index (χ4v) is 3.24. The van der Waals surface area contributed by atoms with Gasteiger partial charge in [0.1, 0.15) is 16.5 Å². The van der Waals surface area contributed by atoms with Crippen LogP contribution in [0.3, 0.4) is 0 Å². The van der Waals surface area contributed by atoms with Gasteiger partial charge in [0.15, 0.2) is 9.84 Å². The Kier molecular flexibility index (Phi) is 6.02. The number of amides is 1. The van der Waals surface area contributed by atoms with E-state index in [0.29, 0.717) is 0 Å². The van der Waals surface area contributed by atoms with Gasteiger partial charge in [0.25, 0.3) is 5.91 Å². The summed E-state index contributed by atoms with van der Waals surface area (Å²) in [6, 6.07) is 9.86. The van der Waals surface area contributed by atoms with E-state index in [1.165, 1.54) is 36.4 Å². The molecular formula is C16H14F3NO4S. The Morgan fingerprint density at radius 3 is 2.32 bits per heavy atom. The fraction of sp³-hybridized carbons (Fsp3) is 0.188. The van der Waals surface area contributed by atoms with Crippen LogP contribution in [0.4, 0.5) is 13.2 Å². The van der Waals surface area contributed by atoms with Crippen molar-refractivity contribution in [3.8, 4) is 5.75 Å². The molecule has 0 saturated heterocycles. The molecule has 0 aliphatic rings. The molecule has 0 atom stereocenters. The second-order valence-corrected chi connectivity index (χ2v) is 6.99. The molecule has 0 spiro atoms. The highest BCUT2D eigenvalue weighted by Gasteiger charge is 2.19. The highest BCUT2D eigenvalue weighted by Crippen LogP contribution is 2.16. The minimum absolute atomic E-state index is 0.103. The number of carbonyl (C=O) groups is 1. The lowest BCUT2D eigenvalue weighted by Crippen LogP contribution is -2.29. The zero-order valence-electron chi connectivity index (χ0n) is 12.8. The Morgan fingerprint density at radius 2 is 1.72 bits per heavy atom. The molecule has 0 unspecified atom stereocenters. The summed E-state index contributed by atoms with van der Waals surface area (Å²) in [6.07, 6.45) is 0. The third-order valence-electron chi connectivity index (χ3n) is 3.17. The number of hydrogen-bond donors (Lipinski definition) is 1. The van der Waals surface area contributed by atoms with Gasteiger partial charge in [-0.2, -0.15) is 8.78 Å². The average molecular weight is 373 g/mol. The maximum Gasteiger partial charge on any atom is 0.387 e. The molecule has 2 aromatic carbocycles. The highest BCUT2D eigenvalue weighted by atomic mass is 32.2. The molecule has 0 heterocycles. The molecular weight excluding hydrogens is 359 g/mol. The lowest BCUT2D eigenvalue weighted by molar-refractivity contribution is -0.0498. The second kappa shape index (κ2) is 8.02. The van der Waals surface area contributed by atoms with E-state index < -0.39 is 38.8 Å². The van der Waals surface area contributed by atoms with Gasteiger partial charge in [-0.05, 0) is 36.4 Å². The lowest BCUT2D eigenvalue weighted by Gasteiger charge is -2.08. The van der Waals surface area contributed by atoms with Crippen molar-refractivity contribution in [2.45, 2.75) is 11.5 Å². The smallest absolute Gasteiger partial charge is 0.387 e. The Morgan fingerprint density at radius 1 is 1.08 bits per heavy atom. The van der Waals surface area contributed by atoms with Crippen LogP contribution in [0.5, 0.6) is 5.75 Å². The molecule has 0 aliphatic heterocycles. The molecule has 0 fully saturated rings. The number of halogens is 3. The molecule has 2 aromatic rings. The van der Waals surface area contributed by atoms with E-state index in [1.807, 2.05) is 0 Å². The predicted octanol–water partition coefficient (Wildman–Crippen LogP) is 2.63. The van der Waals surface area contributed by atoms with Gasteiger partial charge >= 0.3 is 6.61 Å². The number of nitrogens with one attached hydrogen (secondary N) is 1. The molecule has 25 heavy (non-hydrogen) atoms. The predicted molar refractivity (Wildman–Crippen MR) is 83.9 cm³/mol. The lowest BCUT2D eigenvalue weighted by atomic mass is 10.2. The van der Waals surface area contributed by atoms with Crippen molar-refractivity contribution < 1.29 is 31.1 Å². The number of alkyl halides is 2. The summed E-state index contributed by atoms with van der Waals surface area (Å²) in [4.78, 5) is 11.5. The van der Waals surface area contributed by atoms with E-state index in [1.54, 1.807) is 0 Å². The Hall–Kier alpha value is -2.55. The van der Waals surface area contributed by atoms with Crippen molar-refractivity contribution in [2.24, 2.45) is 0 Å². The zero-order valence-corrected chi connectivity index (χ0v) is 13.6. The minimum atomic E-state index is -3.88. The van der Waals surface area contributed by atoms with Gasteiger partial charge in [-0.3, -0.25) is 4.79 Å². The summed E-state index contributed by atoms with van der Waals surface area (Å²) >= 11 is 0. The second-order valence-electron chi connectivity index (χ2n) is 4.91. The first-order valence-electron chi connectivity index (χ1n) is 7.10. The molecule has 0 radical (unpaired) electrons. The van der Waals surface area contributed by atoms with Gasteiger partial charge in [0.2, 0.25) is 0 Å². The van der Waals surface area contributed by atoms with Gasteiger partial charge in [-0.15, -0.1) is 0 Å². The normalized spacial score (nSPS) is 11.4. The molecule has 2 rings (SSSR count). The van der Waals surface area contributed by atoms with Gasteiger partial charge in [-0.25, -0.2) is 12.8 Å². The van der Waals surface area contributed by atoms with E-state index in [2.05, 4.69) is 10.1 Å². The van der Waals surface area contributed by atoms with Crippen LogP contribution < -0.4 is 10.1 Å². The van der Waals surface area contributed by atoms with Crippen molar-refractivity contribution in [3.05, 3.63) is 59.9 Å². The SMILES string of the molecule is O=C(NCCS(=O)(=O)c1ccccc1F)c1ccc(OC(F)F)cc1. The van der Waals surface area contributed by atoms with E-state index in [9.17, 15) is 26.4 Å². The van der Waals surface area contributed by atoms with Gasteiger partial charge in [-0.1, -0.05) is 12.1 Å². The quantitative estimate of drug-likeness (QED) is 0.810. The third kappa shape index (κ3) is 5.21. The first-order valence-corrected chi connectivity index (χ1v) is 8.75. The van der Waals surface area contributed by atoms with Gasteiger partial charge in [0.05, 0.1) is 5.75 Å². The molecule has 134 valence electrons. The van der Waals surface area contributed by atoms with Gasteiger partial charge < -0.3 is 10.1 Å². The molecule has 0 saturated carbocycles. The molecule has 0 aromatic heterocycles. The molecule has 0 bridgehead atoms. The molecule has 1 N–H and O–H groups in total. The summed E-state index contributed by atoms with van der Waals surface area (Å²) in [5.41, 5.74) is 0.143. The maximum atomic E-state index is 13.5. The molecule has 9 heteroatoms. The van der Waals surface area contributed by atoms with Crippen LogP contribution >= 0.6 is 0 Å². The molecule has 1 amide bonds. The molecule has 0 aliphatic carbocycles. The van der Waals surface area contributed by atoms with Crippen molar-refractivity contribution in [2.75, 3.05) is 12.3 Å². The zero-order chi connectivity index (χ0) is 18.4. The first kappa shape index (κ1) is 18.8. The minimum Gasteiger partial charge on any atom is -0.435 e.